The van der Waals surface area contributed by atoms with E-state index in [0.29, 0.717) is 41.9 Å². The van der Waals surface area contributed by atoms with Crippen molar-refractivity contribution in [3.8, 4) is 5.75 Å². The van der Waals surface area contributed by atoms with Gasteiger partial charge < -0.3 is 14.6 Å². The van der Waals surface area contributed by atoms with Gasteiger partial charge in [0, 0.05) is 6.61 Å². The van der Waals surface area contributed by atoms with E-state index >= 15 is 0 Å². The molecule has 0 heterocycles. The molecule has 0 saturated heterocycles. The Morgan fingerprint density at radius 3 is 2.48 bits per heavy atom. The van der Waals surface area contributed by atoms with Gasteiger partial charge in [-0.3, -0.25) is 4.79 Å². The average Bonchev–Trinajstić information content (AvgIpc) is 3.05. The molecule has 2 aromatic carbocycles. The number of rotatable bonds is 7. The van der Waals surface area contributed by atoms with Gasteiger partial charge in [0.15, 0.2) is 0 Å². The third kappa shape index (κ3) is 4.72. The van der Waals surface area contributed by atoms with E-state index in [1.807, 2.05) is 0 Å². The Kier molecular flexibility index (Phi) is 6.17. The number of alkyl halides is 3. The number of carboxylic acid groups (broad SMARTS) is 1. The van der Waals surface area contributed by atoms with Crippen LogP contribution in [0, 0.1) is 6.92 Å². The first kappa shape index (κ1) is 21.2. The lowest BCUT2D eigenvalue weighted by atomic mass is 9.98. The highest BCUT2D eigenvalue weighted by Gasteiger charge is 2.38. The van der Waals surface area contributed by atoms with Crippen molar-refractivity contribution in [1.29, 1.82) is 0 Å². The monoisotopic (exact) mass is 408 g/mol. The SMILES string of the molecule is CCO[C@@H](CC(=O)O)c1ccc(O[C@@H]2CCc3c(C(F)(F)F)ccc(C)c32)cc1. The van der Waals surface area contributed by atoms with E-state index in [0.717, 1.165) is 11.6 Å². The first-order chi connectivity index (χ1) is 13.7. The van der Waals surface area contributed by atoms with Gasteiger partial charge in [0.1, 0.15) is 11.9 Å². The second-order valence-corrected chi connectivity index (χ2v) is 7.08. The van der Waals surface area contributed by atoms with Gasteiger partial charge in [0.25, 0.3) is 0 Å². The van der Waals surface area contributed by atoms with Crippen molar-refractivity contribution < 1.29 is 32.5 Å². The highest BCUT2D eigenvalue weighted by molar-refractivity contribution is 5.67. The van der Waals surface area contributed by atoms with Crippen LogP contribution < -0.4 is 4.74 Å². The fourth-order valence-electron chi connectivity index (χ4n) is 3.86. The molecule has 7 heteroatoms. The Labute approximate surface area is 167 Å². The minimum absolute atomic E-state index is 0.149. The van der Waals surface area contributed by atoms with Crippen molar-refractivity contribution in [1.82, 2.24) is 0 Å². The van der Waals surface area contributed by atoms with E-state index in [9.17, 15) is 18.0 Å². The second-order valence-electron chi connectivity index (χ2n) is 7.08. The Balaban J connectivity index is 1.80. The van der Waals surface area contributed by atoms with Crippen molar-refractivity contribution >= 4 is 5.97 Å². The van der Waals surface area contributed by atoms with E-state index in [1.165, 1.54) is 6.07 Å². The normalized spacial score (nSPS) is 17.1. The number of benzene rings is 2. The zero-order chi connectivity index (χ0) is 21.2. The number of aliphatic carboxylic acids is 1. The molecule has 2 aromatic rings. The van der Waals surface area contributed by atoms with E-state index < -0.39 is 29.9 Å². The maximum Gasteiger partial charge on any atom is 0.416 e. The van der Waals surface area contributed by atoms with Gasteiger partial charge >= 0.3 is 12.1 Å². The van der Waals surface area contributed by atoms with Gasteiger partial charge in [-0.05, 0) is 67.1 Å². The summed E-state index contributed by atoms with van der Waals surface area (Å²) >= 11 is 0. The summed E-state index contributed by atoms with van der Waals surface area (Å²) in [5.74, 6) is -0.434. The lowest BCUT2D eigenvalue weighted by molar-refractivity contribution is -0.140. The van der Waals surface area contributed by atoms with Crippen LogP contribution in [-0.4, -0.2) is 17.7 Å². The van der Waals surface area contributed by atoms with E-state index in [-0.39, 0.29) is 6.42 Å². The molecule has 0 unspecified atom stereocenters. The van der Waals surface area contributed by atoms with E-state index in [1.54, 1.807) is 38.1 Å². The summed E-state index contributed by atoms with van der Waals surface area (Å²) in [6.45, 7) is 3.97. The van der Waals surface area contributed by atoms with Crippen LogP contribution in [0.3, 0.4) is 0 Å². The molecule has 29 heavy (non-hydrogen) atoms. The largest absolute Gasteiger partial charge is 0.486 e. The van der Waals surface area contributed by atoms with Crippen molar-refractivity contribution in [2.45, 2.75) is 51.5 Å². The van der Waals surface area contributed by atoms with Crippen molar-refractivity contribution in [2.75, 3.05) is 6.61 Å². The van der Waals surface area contributed by atoms with Crippen LogP contribution in [0.5, 0.6) is 5.75 Å². The Hall–Kier alpha value is -2.54. The van der Waals surface area contributed by atoms with Crippen LogP contribution in [0.25, 0.3) is 0 Å². The number of hydrogen-bond donors (Lipinski definition) is 1. The number of aryl methyl sites for hydroxylation is 1. The van der Waals surface area contributed by atoms with Gasteiger partial charge in [-0.1, -0.05) is 18.2 Å². The van der Waals surface area contributed by atoms with Crippen LogP contribution in [0.2, 0.25) is 0 Å². The summed E-state index contributed by atoms with van der Waals surface area (Å²) in [5.41, 5.74) is 1.83. The minimum Gasteiger partial charge on any atom is -0.486 e. The second kappa shape index (κ2) is 8.45. The van der Waals surface area contributed by atoms with Gasteiger partial charge in [0.2, 0.25) is 0 Å². The Morgan fingerprint density at radius 1 is 1.21 bits per heavy atom. The van der Waals surface area contributed by atoms with Crippen LogP contribution in [-0.2, 0) is 22.1 Å². The molecule has 0 aliphatic heterocycles. The molecule has 0 aromatic heterocycles. The molecular weight excluding hydrogens is 385 g/mol. The summed E-state index contributed by atoms with van der Waals surface area (Å²) in [6, 6.07) is 9.49. The summed E-state index contributed by atoms with van der Waals surface area (Å²) in [6.07, 6.45) is -4.74. The quantitative estimate of drug-likeness (QED) is 0.645. The molecule has 0 amide bonds. The fourth-order valence-corrected chi connectivity index (χ4v) is 3.86. The zero-order valence-corrected chi connectivity index (χ0v) is 16.3. The van der Waals surface area contributed by atoms with E-state index in [2.05, 4.69) is 0 Å². The molecule has 4 nitrogen and oxygen atoms in total. The third-order valence-electron chi connectivity index (χ3n) is 5.12. The minimum atomic E-state index is -4.38. The summed E-state index contributed by atoms with van der Waals surface area (Å²) in [4.78, 5) is 11.0. The Bertz CT molecular complexity index is 875. The number of carbonyl (C=O) groups is 1. The van der Waals surface area contributed by atoms with Gasteiger partial charge in [-0.15, -0.1) is 0 Å². The number of ether oxygens (including phenoxy) is 2. The van der Waals surface area contributed by atoms with Gasteiger partial charge in [-0.25, -0.2) is 0 Å². The van der Waals surface area contributed by atoms with E-state index in [4.69, 9.17) is 14.6 Å². The topological polar surface area (TPSA) is 55.8 Å². The molecule has 0 radical (unpaired) electrons. The maximum absolute atomic E-state index is 13.3. The molecular formula is C22H23F3O4. The summed E-state index contributed by atoms with van der Waals surface area (Å²) in [7, 11) is 0. The highest BCUT2D eigenvalue weighted by Crippen LogP contribution is 2.43. The van der Waals surface area contributed by atoms with Crippen molar-refractivity contribution in [3.05, 3.63) is 64.2 Å². The molecule has 1 aliphatic carbocycles. The fraction of sp³-hybridized carbons (Fsp3) is 0.409. The van der Waals surface area contributed by atoms with Crippen molar-refractivity contribution in [2.24, 2.45) is 0 Å². The standard InChI is InChI=1S/C22H23F3O4/c1-3-28-19(12-20(26)27)14-5-7-15(8-6-14)29-18-11-9-16-17(22(23,24)25)10-4-13(2)21(16)18/h4-8,10,18-19H,3,9,11-12H2,1-2H3,(H,26,27)/t18-,19+/m1/s1. The summed E-state index contributed by atoms with van der Waals surface area (Å²) < 4.78 is 51.4. The molecule has 3 rings (SSSR count). The predicted octanol–water partition coefficient (Wildman–Crippen LogP) is 5.63. The smallest absolute Gasteiger partial charge is 0.416 e. The lowest BCUT2D eigenvalue weighted by Gasteiger charge is -2.20. The lowest BCUT2D eigenvalue weighted by Crippen LogP contribution is -2.11. The van der Waals surface area contributed by atoms with Crippen LogP contribution in [0.15, 0.2) is 36.4 Å². The molecule has 2 atom stereocenters. The van der Waals surface area contributed by atoms with Crippen molar-refractivity contribution in [3.63, 3.8) is 0 Å². The number of halogens is 3. The molecule has 0 spiro atoms. The molecule has 156 valence electrons. The molecule has 0 saturated carbocycles. The predicted molar refractivity (Wildman–Crippen MR) is 101 cm³/mol. The molecule has 0 fully saturated rings. The number of fused-ring (bicyclic) bond motifs is 1. The van der Waals surface area contributed by atoms with Crippen LogP contribution in [0.1, 0.15) is 59.8 Å². The highest BCUT2D eigenvalue weighted by atomic mass is 19.4. The zero-order valence-electron chi connectivity index (χ0n) is 16.3. The number of hydrogen-bond acceptors (Lipinski definition) is 3. The summed E-state index contributed by atoms with van der Waals surface area (Å²) in [5, 5.41) is 9.03. The maximum atomic E-state index is 13.3. The Morgan fingerprint density at radius 2 is 1.90 bits per heavy atom. The molecule has 0 bridgehead atoms. The van der Waals surface area contributed by atoms with Crippen LogP contribution >= 0.6 is 0 Å². The molecule has 1 N–H and O–H groups in total. The third-order valence-corrected chi connectivity index (χ3v) is 5.12. The van der Waals surface area contributed by atoms with Crippen LogP contribution in [0.4, 0.5) is 13.2 Å². The van der Waals surface area contributed by atoms with Gasteiger partial charge in [0.05, 0.1) is 18.1 Å². The molecule has 1 aliphatic rings. The first-order valence-electron chi connectivity index (χ1n) is 9.50. The number of carboxylic acids is 1. The first-order valence-corrected chi connectivity index (χ1v) is 9.50. The average molecular weight is 408 g/mol. The van der Waals surface area contributed by atoms with Gasteiger partial charge in [-0.2, -0.15) is 13.2 Å².